The lowest BCUT2D eigenvalue weighted by Crippen LogP contribution is -2.52. The molecule has 5 amide bonds. The van der Waals surface area contributed by atoms with Crippen LogP contribution in [0.25, 0.3) is 0 Å². The van der Waals surface area contributed by atoms with Gasteiger partial charge in [0.25, 0.3) is 0 Å². The minimum atomic E-state index is -0.886. The van der Waals surface area contributed by atoms with Crippen LogP contribution in [0.1, 0.15) is 38.7 Å². The van der Waals surface area contributed by atoms with E-state index in [9.17, 15) is 24.3 Å². The Morgan fingerprint density at radius 1 is 1.19 bits per heavy atom. The fourth-order valence-electron chi connectivity index (χ4n) is 4.50. The third-order valence-electron chi connectivity index (χ3n) is 7.21. The minimum absolute atomic E-state index is 0.00867. The Labute approximate surface area is 244 Å². The fourth-order valence-corrected chi connectivity index (χ4v) is 4.50. The van der Waals surface area contributed by atoms with Gasteiger partial charge in [-0.1, -0.05) is 32.1 Å². The Balaban J connectivity index is 1.46. The van der Waals surface area contributed by atoms with Crippen LogP contribution in [-0.2, 0) is 30.4 Å². The molecule has 0 radical (unpaired) electrons. The van der Waals surface area contributed by atoms with E-state index in [1.54, 1.807) is 38.1 Å². The van der Waals surface area contributed by atoms with Gasteiger partial charge in [-0.05, 0) is 36.5 Å². The lowest BCUT2D eigenvalue weighted by molar-refractivity contribution is -0.130. The highest BCUT2D eigenvalue weighted by Gasteiger charge is 2.58. The predicted octanol–water partition coefficient (Wildman–Crippen LogP) is 0.241. The number of carbonyl (C=O) groups excluding carboxylic acids is 4. The number of urea groups is 1. The molecule has 1 aromatic carbocycles. The van der Waals surface area contributed by atoms with Crippen LogP contribution in [0.5, 0.6) is 0 Å². The molecule has 0 saturated carbocycles. The van der Waals surface area contributed by atoms with Gasteiger partial charge in [-0.25, -0.2) is 9.59 Å². The average Bonchev–Trinajstić information content (AvgIpc) is 3.73. The molecule has 2 heterocycles. The second-order valence-electron chi connectivity index (χ2n) is 10.9. The quantitative estimate of drug-likeness (QED) is 0.0895. The Hall–Kier alpha value is -3.72. The smallest absolute Gasteiger partial charge is 0.407 e. The van der Waals surface area contributed by atoms with E-state index in [4.69, 9.17) is 25.7 Å². The first-order chi connectivity index (χ1) is 19.9. The maximum Gasteiger partial charge on any atom is 0.407 e. The lowest BCUT2D eigenvalue weighted by atomic mass is 9.89. The SMILES string of the molecule is C=C[C@H]1O[C@H](CNC(=O)OCc2ccc(NC(=O)[C@H](CCCNC(N)=O)NC(=O)[C@@H](N)C(C)C)cc2)C[C@@]2(CO2)[C@@H]1O. The Kier molecular flexibility index (Phi) is 11.7. The number of hydrogen-bond donors (Lipinski definition) is 7. The fraction of sp³-hybridized carbons (Fsp3) is 0.571. The van der Waals surface area contributed by atoms with Gasteiger partial charge in [-0.2, -0.15) is 0 Å². The lowest BCUT2D eigenvalue weighted by Gasteiger charge is -2.36. The summed E-state index contributed by atoms with van der Waals surface area (Å²) >= 11 is 0. The summed E-state index contributed by atoms with van der Waals surface area (Å²) in [4.78, 5) is 48.6. The molecule has 3 rings (SSSR count). The van der Waals surface area contributed by atoms with Gasteiger partial charge in [-0.15, -0.1) is 6.58 Å². The minimum Gasteiger partial charge on any atom is -0.445 e. The number of aliphatic hydroxyl groups is 1. The van der Waals surface area contributed by atoms with E-state index in [0.717, 1.165) is 0 Å². The van der Waals surface area contributed by atoms with Gasteiger partial charge in [0.05, 0.1) is 18.8 Å². The molecule has 1 spiro atoms. The highest BCUT2D eigenvalue weighted by Crippen LogP contribution is 2.42. The zero-order valence-electron chi connectivity index (χ0n) is 24.0. The van der Waals surface area contributed by atoms with Crippen LogP contribution in [-0.4, -0.2) is 84.7 Å². The van der Waals surface area contributed by atoms with Crippen LogP contribution < -0.4 is 32.7 Å². The van der Waals surface area contributed by atoms with Gasteiger partial charge in [-0.3, -0.25) is 9.59 Å². The Morgan fingerprint density at radius 3 is 2.48 bits per heavy atom. The maximum atomic E-state index is 13.0. The van der Waals surface area contributed by atoms with Crippen LogP contribution >= 0.6 is 0 Å². The number of ether oxygens (including phenoxy) is 3. The van der Waals surface area contributed by atoms with Crippen molar-refractivity contribution < 1.29 is 38.5 Å². The first kappa shape index (κ1) is 32.8. The van der Waals surface area contributed by atoms with E-state index in [2.05, 4.69) is 27.8 Å². The number of nitrogens with two attached hydrogens (primary N) is 2. The molecule has 9 N–H and O–H groups in total. The third kappa shape index (κ3) is 9.41. The van der Waals surface area contributed by atoms with Crippen molar-refractivity contribution in [2.24, 2.45) is 17.4 Å². The molecule has 0 aromatic heterocycles. The normalized spacial score (nSPS) is 24.3. The number of benzene rings is 1. The highest BCUT2D eigenvalue weighted by atomic mass is 16.6. The molecule has 2 aliphatic rings. The summed E-state index contributed by atoms with van der Waals surface area (Å²) in [5.74, 6) is -1.02. The van der Waals surface area contributed by atoms with Crippen LogP contribution in [0, 0.1) is 5.92 Å². The first-order valence-corrected chi connectivity index (χ1v) is 13.9. The molecule has 1 aromatic rings. The summed E-state index contributed by atoms with van der Waals surface area (Å²) in [6, 6.07) is 4.33. The molecule has 0 aliphatic carbocycles. The Morgan fingerprint density at radius 2 is 1.88 bits per heavy atom. The number of aliphatic hydroxyl groups excluding tert-OH is 1. The number of nitrogens with one attached hydrogen (secondary N) is 4. The Bertz CT molecular complexity index is 1110. The number of amides is 5. The molecule has 2 aliphatic heterocycles. The van der Waals surface area contributed by atoms with Crippen molar-refractivity contribution in [3.8, 4) is 0 Å². The number of alkyl carbamates (subject to hydrolysis) is 1. The summed E-state index contributed by atoms with van der Waals surface area (Å²) in [6.45, 7) is 8.15. The molecule has 42 heavy (non-hydrogen) atoms. The molecule has 2 fully saturated rings. The number of carbonyl (C=O) groups is 4. The van der Waals surface area contributed by atoms with Crippen molar-refractivity contribution in [2.45, 2.75) is 75.7 Å². The van der Waals surface area contributed by atoms with Crippen molar-refractivity contribution in [1.29, 1.82) is 0 Å². The second kappa shape index (κ2) is 15.0. The largest absolute Gasteiger partial charge is 0.445 e. The van der Waals surface area contributed by atoms with Gasteiger partial charge in [0, 0.05) is 25.2 Å². The van der Waals surface area contributed by atoms with Crippen molar-refractivity contribution in [1.82, 2.24) is 16.0 Å². The van der Waals surface area contributed by atoms with Crippen molar-refractivity contribution in [3.05, 3.63) is 42.5 Å². The number of hydrogen-bond acceptors (Lipinski definition) is 9. The van der Waals surface area contributed by atoms with Crippen LogP contribution in [0.2, 0.25) is 0 Å². The van der Waals surface area contributed by atoms with Gasteiger partial charge < -0.3 is 52.1 Å². The molecule has 0 bridgehead atoms. The van der Waals surface area contributed by atoms with Crippen molar-refractivity contribution in [2.75, 3.05) is 25.0 Å². The number of anilines is 1. The molecular weight excluding hydrogens is 548 g/mol. The van der Waals surface area contributed by atoms with Crippen LogP contribution in [0.15, 0.2) is 36.9 Å². The second-order valence-corrected chi connectivity index (χ2v) is 10.9. The molecule has 0 unspecified atom stereocenters. The van der Waals surface area contributed by atoms with E-state index < -0.39 is 53.8 Å². The van der Waals surface area contributed by atoms with Crippen LogP contribution in [0.3, 0.4) is 0 Å². The van der Waals surface area contributed by atoms with Crippen molar-refractivity contribution in [3.63, 3.8) is 0 Å². The molecular formula is C28H42N6O8. The zero-order valence-corrected chi connectivity index (χ0v) is 24.0. The topological polar surface area (TPSA) is 220 Å². The molecule has 14 nitrogen and oxygen atoms in total. The highest BCUT2D eigenvalue weighted by molar-refractivity contribution is 5.97. The summed E-state index contributed by atoms with van der Waals surface area (Å²) in [6.07, 6.45) is 0.261. The number of rotatable bonds is 14. The van der Waals surface area contributed by atoms with E-state index in [0.29, 0.717) is 30.7 Å². The van der Waals surface area contributed by atoms with Crippen molar-refractivity contribution >= 4 is 29.6 Å². The molecule has 232 valence electrons. The number of epoxide rings is 1. The van der Waals surface area contributed by atoms with Gasteiger partial charge in [0.1, 0.15) is 30.5 Å². The standard InChI is InChI=1S/C28H42N6O8/c1-4-21-23(35)28(15-41-28)12-19(42-21)13-32-27(39)40-14-17-7-9-18(10-8-17)33-24(36)20(6-5-11-31-26(30)38)34-25(37)22(29)16(2)3/h4,7-10,16,19-23,35H,1,5-6,11-15,29H2,2-3H3,(H,32,39)(H,33,36)(H,34,37)(H3,30,31,38)/t19-,20-,21+,22-,23+,28+/m0/s1. The summed E-state index contributed by atoms with van der Waals surface area (Å²) in [7, 11) is 0. The van der Waals surface area contributed by atoms with Crippen LogP contribution in [0.4, 0.5) is 15.3 Å². The van der Waals surface area contributed by atoms with E-state index >= 15 is 0 Å². The van der Waals surface area contributed by atoms with Gasteiger partial charge in [0.2, 0.25) is 11.8 Å². The monoisotopic (exact) mass is 590 g/mol. The maximum absolute atomic E-state index is 13.0. The summed E-state index contributed by atoms with van der Waals surface area (Å²) in [5, 5.41) is 20.9. The predicted molar refractivity (Wildman–Crippen MR) is 153 cm³/mol. The van der Waals surface area contributed by atoms with E-state index in [1.807, 2.05) is 0 Å². The summed E-state index contributed by atoms with van der Waals surface area (Å²) < 4.78 is 16.5. The van der Waals surface area contributed by atoms with E-state index in [-0.39, 0.29) is 38.1 Å². The van der Waals surface area contributed by atoms with Gasteiger partial charge >= 0.3 is 12.1 Å². The van der Waals surface area contributed by atoms with Gasteiger partial charge in [0.15, 0.2) is 0 Å². The summed E-state index contributed by atoms with van der Waals surface area (Å²) in [5.41, 5.74) is 11.5. The zero-order chi connectivity index (χ0) is 30.9. The number of primary amides is 1. The third-order valence-corrected chi connectivity index (χ3v) is 7.21. The molecule has 2 saturated heterocycles. The molecule has 6 atom stereocenters. The average molecular weight is 591 g/mol. The first-order valence-electron chi connectivity index (χ1n) is 13.9. The molecule has 14 heteroatoms. The van der Waals surface area contributed by atoms with E-state index in [1.165, 1.54) is 6.08 Å².